The molecule has 1 heterocycles. The van der Waals surface area contributed by atoms with Crippen LogP contribution in [0.5, 0.6) is 5.75 Å². The third-order valence-electron chi connectivity index (χ3n) is 2.10. The molecule has 1 N–H and O–H groups in total. The second-order valence-corrected chi connectivity index (χ2v) is 4.49. The van der Waals surface area contributed by atoms with E-state index in [-0.39, 0.29) is 0 Å². The van der Waals surface area contributed by atoms with Crippen molar-refractivity contribution in [2.45, 2.75) is 0 Å². The number of thiophene rings is 1. The quantitative estimate of drug-likeness (QED) is 0.841. The fourth-order valence-corrected chi connectivity index (χ4v) is 2.28. The number of benzene rings is 1. The van der Waals surface area contributed by atoms with E-state index in [0.717, 1.165) is 21.3 Å². The molecule has 0 bridgehead atoms. The van der Waals surface area contributed by atoms with Crippen LogP contribution in [-0.4, -0.2) is 12.1 Å². The first kappa shape index (κ1) is 11.1. The normalized spacial score (nSPS) is 9.81. The number of rotatable bonds is 3. The van der Waals surface area contributed by atoms with Gasteiger partial charge in [-0.05, 0) is 23.6 Å². The Morgan fingerprint density at radius 2 is 2.06 bits per heavy atom. The summed E-state index contributed by atoms with van der Waals surface area (Å²) in [6, 6.07) is 11.7. The van der Waals surface area contributed by atoms with Crippen LogP contribution in [0, 0.1) is 0 Å². The van der Waals surface area contributed by atoms with E-state index in [0.29, 0.717) is 0 Å². The number of methoxy groups -OCH3 is 1. The first-order chi connectivity index (χ1) is 7.81. The van der Waals surface area contributed by atoms with Gasteiger partial charge >= 0.3 is 0 Å². The molecule has 0 fully saturated rings. The smallest absolute Gasteiger partial charge is 0.142 e. The summed E-state index contributed by atoms with van der Waals surface area (Å²) in [6.07, 6.45) is 0. The standard InChI is InChI=1S/C12H11NOS2/c1-14-10-6-3-2-5-9(10)13-12(15)11-7-4-8-16-11/h2-8H,1H3,(H,13,15). The molecule has 0 aliphatic heterocycles. The average molecular weight is 249 g/mol. The number of thiocarbonyl (C=S) groups is 1. The Bertz CT molecular complexity index is 480. The highest BCUT2D eigenvalue weighted by atomic mass is 32.1. The van der Waals surface area contributed by atoms with E-state index in [4.69, 9.17) is 17.0 Å². The van der Waals surface area contributed by atoms with Crippen molar-refractivity contribution in [3.63, 3.8) is 0 Å². The molecule has 82 valence electrons. The summed E-state index contributed by atoms with van der Waals surface area (Å²) in [5, 5.41) is 5.19. The van der Waals surface area contributed by atoms with Gasteiger partial charge in [-0.1, -0.05) is 30.4 Å². The zero-order valence-corrected chi connectivity index (χ0v) is 10.4. The van der Waals surface area contributed by atoms with Crippen LogP contribution in [0.4, 0.5) is 5.69 Å². The van der Waals surface area contributed by atoms with Crippen molar-refractivity contribution in [1.82, 2.24) is 0 Å². The molecule has 0 spiro atoms. The molecule has 1 aromatic heterocycles. The first-order valence-corrected chi connectivity index (χ1v) is 6.08. The SMILES string of the molecule is COc1ccccc1NC(=S)c1cccs1. The van der Waals surface area contributed by atoms with Gasteiger partial charge in [0.2, 0.25) is 0 Å². The molecule has 0 unspecified atom stereocenters. The molecule has 2 nitrogen and oxygen atoms in total. The summed E-state index contributed by atoms with van der Waals surface area (Å²) in [7, 11) is 1.65. The van der Waals surface area contributed by atoms with E-state index in [1.165, 1.54) is 0 Å². The molecule has 2 rings (SSSR count). The van der Waals surface area contributed by atoms with Crippen LogP contribution >= 0.6 is 23.6 Å². The van der Waals surface area contributed by atoms with Crippen LogP contribution in [-0.2, 0) is 0 Å². The molecule has 1 aromatic carbocycles. The van der Waals surface area contributed by atoms with Gasteiger partial charge in [0.05, 0.1) is 17.7 Å². The predicted octanol–water partition coefficient (Wildman–Crippen LogP) is 3.54. The Morgan fingerprint density at radius 1 is 1.25 bits per heavy atom. The molecule has 0 radical (unpaired) electrons. The summed E-state index contributed by atoms with van der Waals surface area (Å²) >= 11 is 6.93. The van der Waals surface area contributed by atoms with E-state index in [2.05, 4.69) is 5.32 Å². The van der Waals surface area contributed by atoms with Crippen LogP contribution in [0.25, 0.3) is 0 Å². The Morgan fingerprint density at radius 3 is 2.75 bits per heavy atom. The Hall–Kier alpha value is -1.39. The Labute approximate surface area is 104 Å². The maximum Gasteiger partial charge on any atom is 0.142 e. The zero-order valence-electron chi connectivity index (χ0n) is 8.77. The second-order valence-electron chi connectivity index (χ2n) is 3.13. The Balaban J connectivity index is 2.18. The molecule has 0 saturated heterocycles. The predicted molar refractivity (Wildman–Crippen MR) is 72.6 cm³/mol. The number of nitrogens with one attached hydrogen (secondary N) is 1. The molecule has 0 aliphatic rings. The van der Waals surface area contributed by atoms with Gasteiger partial charge in [-0.3, -0.25) is 0 Å². The van der Waals surface area contributed by atoms with Crippen molar-refractivity contribution in [1.29, 1.82) is 0 Å². The molecular weight excluding hydrogens is 238 g/mol. The lowest BCUT2D eigenvalue weighted by molar-refractivity contribution is 0.417. The number of ether oxygens (including phenoxy) is 1. The highest BCUT2D eigenvalue weighted by Crippen LogP contribution is 2.24. The van der Waals surface area contributed by atoms with Crippen LogP contribution in [0.3, 0.4) is 0 Å². The van der Waals surface area contributed by atoms with Gasteiger partial charge in [0.25, 0.3) is 0 Å². The topological polar surface area (TPSA) is 21.3 Å². The maximum absolute atomic E-state index is 5.31. The highest BCUT2D eigenvalue weighted by Gasteiger charge is 2.05. The van der Waals surface area contributed by atoms with Gasteiger partial charge in [0.1, 0.15) is 10.7 Å². The molecule has 0 aliphatic carbocycles. The summed E-state index contributed by atoms with van der Waals surface area (Å²) in [4.78, 5) is 1.78. The van der Waals surface area contributed by atoms with Crippen molar-refractivity contribution in [2.24, 2.45) is 0 Å². The van der Waals surface area contributed by atoms with E-state index >= 15 is 0 Å². The average Bonchev–Trinajstić information content (AvgIpc) is 2.83. The fraction of sp³-hybridized carbons (Fsp3) is 0.0833. The van der Waals surface area contributed by atoms with Crippen molar-refractivity contribution in [2.75, 3.05) is 12.4 Å². The monoisotopic (exact) mass is 249 g/mol. The molecule has 0 atom stereocenters. The minimum absolute atomic E-state index is 0.722. The number of anilines is 1. The van der Waals surface area contributed by atoms with Crippen LogP contribution < -0.4 is 10.1 Å². The Kier molecular flexibility index (Phi) is 3.54. The molecule has 0 saturated carbocycles. The lowest BCUT2D eigenvalue weighted by atomic mass is 10.3. The van der Waals surface area contributed by atoms with Crippen molar-refractivity contribution < 1.29 is 4.74 Å². The highest BCUT2D eigenvalue weighted by molar-refractivity contribution is 7.81. The van der Waals surface area contributed by atoms with Crippen molar-refractivity contribution >= 4 is 34.2 Å². The number of hydrogen-bond donors (Lipinski definition) is 1. The third kappa shape index (κ3) is 2.40. The van der Waals surface area contributed by atoms with Gasteiger partial charge in [0, 0.05) is 0 Å². The van der Waals surface area contributed by atoms with Gasteiger partial charge in [-0.2, -0.15) is 0 Å². The van der Waals surface area contributed by atoms with E-state index in [9.17, 15) is 0 Å². The minimum Gasteiger partial charge on any atom is -0.495 e. The van der Waals surface area contributed by atoms with E-state index < -0.39 is 0 Å². The summed E-state index contributed by atoms with van der Waals surface area (Å²) in [5.74, 6) is 0.793. The van der Waals surface area contributed by atoms with Gasteiger partial charge in [-0.15, -0.1) is 11.3 Å². The number of para-hydroxylation sites is 2. The van der Waals surface area contributed by atoms with Gasteiger partial charge in [-0.25, -0.2) is 0 Å². The lowest BCUT2D eigenvalue weighted by Crippen LogP contribution is -2.09. The third-order valence-corrected chi connectivity index (χ3v) is 3.44. The fourth-order valence-electron chi connectivity index (χ4n) is 1.34. The molecule has 2 aromatic rings. The van der Waals surface area contributed by atoms with Crippen LogP contribution in [0.15, 0.2) is 41.8 Å². The van der Waals surface area contributed by atoms with Crippen molar-refractivity contribution in [3.8, 4) is 5.75 Å². The minimum atomic E-state index is 0.722. The van der Waals surface area contributed by atoms with Crippen LogP contribution in [0.2, 0.25) is 0 Å². The second kappa shape index (κ2) is 5.09. The van der Waals surface area contributed by atoms with Crippen LogP contribution in [0.1, 0.15) is 4.88 Å². The molecule has 0 amide bonds. The molecule has 16 heavy (non-hydrogen) atoms. The first-order valence-electron chi connectivity index (χ1n) is 4.79. The number of hydrogen-bond acceptors (Lipinski definition) is 3. The van der Waals surface area contributed by atoms with Gasteiger partial charge < -0.3 is 10.1 Å². The van der Waals surface area contributed by atoms with E-state index in [1.807, 2.05) is 41.8 Å². The zero-order chi connectivity index (χ0) is 11.4. The molecular formula is C12H11NOS2. The summed E-state index contributed by atoms with van der Waals surface area (Å²) in [5.41, 5.74) is 0.892. The summed E-state index contributed by atoms with van der Waals surface area (Å²) in [6.45, 7) is 0. The van der Waals surface area contributed by atoms with E-state index in [1.54, 1.807) is 18.4 Å². The lowest BCUT2D eigenvalue weighted by Gasteiger charge is -2.10. The maximum atomic E-state index is 5.31. The van der Waals surface area contributed by atoms with Crippen molar-refractivity contribution in [3.05, 3.63) is 46.7 Å². The summed E-state index contributed by atoms with van der Waals surface area (Å²) < 4.78 is 5.24. The largest absolute Gasteiger partial charge is 0.495 e. The van der Waals surface area contributed by atoms with Gasteiger partial charge in [0.15, 0.2) is 0 Å². The molecule has 4 heteroatoms.